The molecule has 2 amide bonds. The second kappa shape index (κ2) is 6.84. The molecular weight excluding hydrogens is 336 g/mol. The van der Waals surface area contributed by atoms with Crippen LogP contribution in [-0.2, 0) is 21.4 Å². The highest BCUT2D eigenvalue weighted by molar-refractivity contribution is 6.15. The van der Waals surface area contributed by atoms with Crippen molar-refractivity contribution in [2.24, 2.45) is 5.41 Å². The van der Waals surface area contributed by atoms with Crippen LogP contribution in [0.4, 0.5) is 11.4 Å². The van der Waals surface area contributed by atoms with Crippen LogP contribution < -0.4 is 10.2 Å². The number of rotatable bonds is 3. The van der Waals surface area contributed by atoms with Crippen molar-refractivity contribution in [3.63, 3.8) is 0 Å². The van der Waals surface area contributed by atoms with Gasteiger partial charge in [0.1, 0.15) is 5.41 Å². The van der Waals surface area contributed by atoms with Crippen LogP contribution in [0.25, 0.3) is 0 Å². The van der Waals surface area contributed by atoms with Gasteiger partial charge in [0.25, 0.3) is 0 Å². The van der Waals surface area contributed by atoms with Gasteiger partial charge in [-0.25, -0.2) is 0 Å². The van der Waals surface area contributed by atoms with E-state index in [4.69, 9.17) is 0 Å². The van der Waals surface area contributed by atoms with Gasteiger partial charge in [-0.3, -0.25) is 9.59 Å². The topological polar surface area (TPSA) is 49.4 Å². The summed E-state index contributed by atoms with van der Waals surface area (Å²) in [5, 5.41) is 3.00. The fourth-order valence-corrected chi connectivity index (χ4v) is 3.51. The zero-order valence-electron chi connectivity index (χ0n) is 16.8. The average Bonchev–Trinajstić information content (AvgIpc) is 3.04. The first-order valence-electron chi connectivity index (χ1n) is 9.43. The molecule has 3 rings (SSSR count). The van der Waals surface area contributed by atoms with E-state index in [1.54, 1.807) is 18.7 Å². The Morgan fingerprint density at radius 3 is 2.26 bits per heavy atom. The zero-order chi connectivity index (χ0) is 19.8. The van der Waals surface area contributed by atoms with Gasteiger partial charge in [0.2, 0.25) is 11.8 Å². The summed E-state index contributed by atoms with van der Waals surface area (Å²) < 4.78 is 0. The molecule has 1 aliphatic heterocycles. The summed E-state index contributed by atoms with van der Waals surface area (Å²) in [7, 11) is 0. The molecule has 27 heavy (non-hydrogen) atoms. The number of anilines is 2. The maximum absolute atomic E-state index is 13.2. The van der Waals surface area contributed by atoms with Gasteiger partial charge in [0.15, 0.2) is 0 Å². The second-order valence-electron chi connectivity index (χ2n) is 8.71. The van der Waals surface area contributed by atoms with E-state index in [1.165, 1.54) is 0 Å². The molecule has 1 heterocycles. The van der Waals surface area contributed by atoms with E-state index in [0.29, 0.717) is 6.54 Å². The Morgan fingerprint density at radius 1 is 0.926 bits per heavy atom. The highest BCUT2D eigenvalue weighted by Crippen LogP contribution is 2.34. The van der Waals surface area contributed by atoms with Gasteiger partial charge in [-0.15, -0.1) is 0 Å². The summed E-state index contributed by atoms with van der Waals surface area (Å²) in [5.74, 6) is -0.452. The number of nitrogens with one attached hydrogen (secondary N) is 1. The van der Waals surface area contributed by atoms with Crippen molar-refractivity contribution in [3.8, 4) is 0 Å². The molecule has 4 heteroatoms. The van der Waals surface area contributed by atoms with Crippen molar-refractivity contribution in [2.75, 3.05) is 16.8 Å². The van der Waals surface area contributed by atoms with Gasteiger partial charge in [-0.2, -0.15) is 0 Å². The van der Waals surface area contributed by atoms with Gasteiger partial charge in [0, 0.05) is 17.9 Å². The first-order chi connectivity index (χ1) is 12.6. The molecule has 0 bridgehead atoms. The first-order valence-corrected chi connectivity index (χ1v) is 9.43. The molecule has 0 radical (unpaired) electrons. The van der Waals surface area contributed by atoms with Gasteiger partial charge in [0.05, 0.1) is 0 Å². The highest BCUT2D eigenvalue weighted by atomic mass is 16.2. The summed E-state index contributed by atoms with van der Waals surface area (Å²) in [6.45, 7) is 10.3. The summed E-state index contributed by atoms with van der Waals surface area (Å²) in [6, 6.07) is 15.7. The van der Waals surface area contributed by atoms with Gasteiger partial charge in [-0.05, 0) is 48.9 Å². The van der Waals surface area contributed by atoms with Crippen LogP contribution in [0, 0.1) is 5.41 Å². The van der Waals surface area contributed by atoms with E-state index in [2.05, 4.69) is 26.1 Å². The van der Waals surface area contributed by atoms with Crippen molar-refractivity contribution in [3.05, 3.63) is 59.7 Å². The predicted octanol–water partition coefficient (Wildman–Crippen LogP) is 4.54. The molecule has 1 N–H and O–H groups in total. The Bertz CT molecular complexity index is 878. The molecule has 0 aromatic heterocycles. The number of carbonyl (C=O) groups excluding carboxylic acids is 2. The third-order valence-electron chi connectivity index (χ3n) is 5.22. The number of carbonyl (C=O) groups is 2. The Balaban J connectivity index is 1.84. The van der Waals surface area contributed by atoms with E-state index in [0.717, 1.165) is 28.9 Å². The molecule has 0 saturated heterocycles. The number of amides is 2. The van der Waals surface area contributed by atoms with Crippen molar-refractivity contribution < 1.29 is 9.59 Å². The second-order valence-corrected chi connectivity index (χ2v) is 8.71. The van der Waals surface area contributed by atoms with Crippen LogP contribution >= 0.6 is 0 Å². The molecular formula is C23H28N2O2. The summed E-state index contributed by atoms with van der Waals surface area (Å²) in [6.07, 6.45) is 0.826. The molecule has 0 aliphatic carbocycles. The molecule has 0 fully saturated rings. The lowest BCUT2D eigenvalue weighted by molar-refractivity contribution is -0.136. The number of para-hydroxylation sites is 2. The van der Waals surface area contributed by atoms with Crippen LogP contribution in [0.15, 0.2) is 48.5 Å². The maximum atomic E-state index is 13.2. The first kappa shape index (κ1) is 19.2. The van der Waals surface area contributed by atoms with Crippen LogP contribution in [0.3, 0.4) is 0 Å². The quantitative estimate of drug-likeness (QED) is 0.813. The SMILES string of the molecule is CC(C)(C(=O)Nc1ccccc1C(C)(C)C)C(=O)N1CCc2ccccc21. The standard InChI is InChI=1S/C23H28N2O2/c1-22(2,3)17-11-7-8-12-18(17)24-20(26)23(4,5)21(27)25-15-14-16-10-6-9-13-19(16)25/h6-13H,14-15H2,1-5H3,(H,24,26). The number of fused-ring (bicyclic) bond motifs is 1. The van der Waals surface area contributed by atoms with Crippen molar-refractivity contribution in [2.45, 2.75) is 46.5 Å². The van der Waals surface area contributed by atoms with Gasteiger partial charge < -0.3 is 10.2 Å². The fraction of sp³-hybridized carbons (Fsp3) is 0.391. The Hall–Kier alpha value is -2.62. The van der Waals surface area contributed by atoms with E-state index in [-0.39, 0.29) is 17.2 Å². The number of hydrogen-bond donors (Lipinski definition) is 1. The van der Waals surface area contributed by atoms with Gasteiger partial charge in [-0.1, -0.05) is 57.2 Å². The van der Waals surface area contributed by atoms with Crippen LogP contribution in [0.5, 0.6) is 0 Å². The summed E-state index contributed by atoms with van der Waals surface area (Å²) in [5.41, 5.74) is 2.61. The summed E-state index contributed by atoms with van der Waals surface area (Å²) in [4.78, 5) is 28.0. The van der Waals surface area contributed by atoms with E-state index in [1.807, 2.05) is 48.5 Å². The third kappa shape index (κ3) is 3.61. The van der Waals surface area contributed by atoms with Crippen molar-refractivity contribution >= 4 is 23.2 Å². The van der Waals surface area contributed by atoms with E-state index < -0.39 is 5.41 Å². The van der Waals surface area contributed by atoms with Crippen LogP contribution in [0.1, 0.15) is 45.7 Å². The lowest BCUT2D eigenvalue weighted by Crippen LogP contribution is -2.47. The number of nitrogens with zero attached hydrogens (tertiary/aromatic N) is 1. The normalized spacial score (nSPS) is 14.0. The molecule has 0 atom stereocenters. The third-order valence-corrected chi connectivity index (χ3v) is 5.22. The molecule has 0 unspecified atom stereocenters. The molecule has 1 aliphatic rings. The molecule has 142 valence electrons. The minimum Gasteiger partial charge on any atom is -0.325 e. The maximum Gasteiger partial charge on any atom is 0.242 e. The Labute approximate surface area is 161 Å². The molecule has 2 aromatic carbocycles. The lowest BCUT2D eigenvalue weighted by atomic mass is 9.85. The average molecular weight is 364 g/mol. The molecule has 0 saturated carbocycles. The molecule has 2 aromatic rings. The molecule has 4 nitrogen and oxygen atoms in total. The van der Waals surface area contributed by atoms with Gasteiger partial charge >= 0.3 is 0 Å². The lowest BCUT2D eigenvalue weighted by Gasteiger charge is -2.30. The Kier molecular flexibility index (Phi) is 4.85. The van der Waals surface area contributed by atoms with Crippen LogP contribution in [-0.4, -0.2) is 18.4 Å². The minimum atomic E-state index is -1.16. The highest BCUT2D eigenvalue weighted by Gasteiger charge is 2.41. The van der Waals surface area contributed by atoms with E-state index >= 15 is 0 Å². The fourth-order valence-electron chi connectivity index (χ4n) is 3.51. The van der Waals surface area contributed by atoms with E-state index in [9.17, 15) is 9.59 Å². The van der Waals surface area contributed by atoms with Crippen molar-refractivity contribution in [1.82, 2.24) is 0 Å². The minimum absolute atomic E-state index is 0.105. The zero-order valence-corrected chi connectivity index (χ0v) is 16.8. The smallest absolute Gasteiger partial charge is 0.242 e. The predicted molar refractivity (Wildman–Crippen MR) is 110 cm³/mol. The van der Waals surface area contributed by atoms with Crippen LogP contribution in [0.2, 0.25) is 0 Å². The Morgan fingerprint density at radius 2 is 1.56 bits per heavy atom. The monoisotopic (exact) mass is 364 g/mol. The largest absolute Gasteiger partial charge is 0.325 e. The van der Waals surface area contributed by atoms with Crippen molar-refractivity contribution in [1.29, 1.82) is 0 Å². The molecule has 0 spiro atoms. The summed E-state index contributed by atoms with van der Waals surface area (Å²) >= 11 is 0. The number of benzene rings is 2. The number of hydrogen-bond acceptors (Lipinski definition) is 2.